The third kappa shape index (κ3) is 31.8. The van der Waals surface area contributed by atoms with Crippen LogP contribution in [0.15, 0.2) is 0 Å². The minimum atomic E-state index is -4.53. The summed E-state index contributed by atoms with van der Waals surface area (Å²) in [6.07, 6.45) is 28.8. The summed E-state index contributed by atoms with van der Waals surface area (Å²) in [4.78, 5) is 24.9. The average Bonchev–Trinajstić information content (AvgIpc) is 2.97. The third-order valence-electron chi connectivity index (χ3n) is 8.60. The number of aliphatic hydroxyl groups excluding tert-OH is 1. The summed E-state index contributed by atoms with van der Waals surface area (Å²) in [6.45, 7) is 4.59. The van der Waals surface area contributed by atoms with Crippen molar-refractivity contribution >= 4 is 13.7 Å². The van der Waals surface area contributed by atoms with Gasteiger partial charge in [-0.2, -0.15) is 0 Å². The van der Waals surface area contributed by atoms with Gasteiger partial charge >= 0.3 is 0 Å². The molecule has 8 nitrogen and oxygen atoms in total. The third-order valence-corrected chi connectivity index (χ3v) is 9.56. The Kier molecular flexibility index (Phi) is 29.3. The number of quaternary nitrogens is 1. The first-order valence-electron chi connectivity index (χ1n) is 18.9. The SMILES string of the molecule is CCCCCCCCCCCCCCCCCCCCCC(=O)NC(COP(=O)([O-])OCC[N+](C)(C)C)C(O)CCCCCC. The molecule has 0 bridgehead atoms. The van der Waals surface area contributed by atoms with E-state index < -0.39 is 20.0 Å². The predicted molar refractivity (Wildman–Crippen MR) is 187 cm³/mol. The Morgan fingerprint density at radius 3 is 1.51 bits per heavy atom. The largest absolute Gasteiger partial charge is 0.756 e. The second kappa shape index (κ2) is 29.6. The maximum atomic E-state index is 12.7. The molecule has 0 aromatic heterocycles. The molecule has 3 unspecified atom stereocenters. The van der Waals surface area contributed by atoms with E-state index in [0.29, 0.717) is 23.9 Å². The van der Waals surface area contributed by atoms with E-state index in [-0.39, 0.29) is 19.1 Å². The summed E-state index contributed by atoms with van der Waals surface area (Å²) in [5.41, 5.74) is 0. The molecule has 0 aliphatic carbocycles. The molecule has 0 aliphatic rings. The Balaban J connectivity index is 4.07. The number of carbonyl (C=O) groups is 1. The van der Waals surface area contributed by atoms with Crippen LogP contribution in [0.25, 0.3) is 0 Å². The quantitative estimate of drug-likeness (QED) is 0.0405. The smallest absolute Gasteiger partial charge is 0.268 e. The van der Waals surface area contributed by atoms with Gasteiger partial charge in [0.25, 0.3) is 7.82 Å². The molecular weight excluding hydrogens is 587 g/mol. The van der Waals surface area contributed by atoms with Gasteiger partial charge in [0.2, 0.25) is 5.91 Å². The molecular formula is C36H75N2O6P. The zero-order chi connectivity index (χ0) is 33.7. The molecule has 0 rings (SSSR count). The van der Waals surface area contributed by atoms with E-state index in [2.05, 4.69) is 19.2 Å². The number of nitrogens with one attached hydrogen (secondary N) is 1. The van der Waals surface area contributed by atoms with E-state index >= 15 is 0 Å². The zero-order valence-electron chi connectivity index (χ0n) is 30.3. The van der Waals surface area contributed by atoms with Gasteiger partial charge in [-0.05, 0) is 12.8 Å². The molecule has 0 spiro atoms. The van der Waals surface area contributed by atoms with E-state index in [9.17, 15) is 19.4 Å². The first-order chi connectivity index (χ1) is 21.5. The molecule has 0 saturated carbocycles. The molecule has 0 saturated heterocycles. The topological polar surface area (TPSA) is 108 Å². The normalized spacial score (nSPS) is 14.7. The van der Waals surface area contributed by atoms with Crippen LogP contribution >= 0.6 is 7.82 Å². The summed E-state index contributed by atoms with van der Waals surface area (Å²) in [7, 11) is 1.31. The van der Waals surface area contributed by atoms with Crippen molar-refractivity contribution in [3.05, 3.63) is 0 Å². The maximum absolute atomic E-state index is 12.7. The fourth-order valence-corrected chi connectivity index (χ4v) is 6.23. The van der Waals surface area contributed by atoms with Gasteiger partial charge in [0, 0.05) is 6.42 Å². The van der Waals surface area contributed by atoms with Gasteiger partial charge < -0.3 is 28.8 Å². The van der Waals surface area contributed by atoms with Crippen molar-refractivity contribution in [3.8, 4) is 0 Å². The van der Waals surface area contributed by atoms with Crippen LogP contribution in [-0.2, 0) is 18.4 Å². The van der Waals surface area contributed by atoms with E-state index in [0.717, 1.165) is 44.9 Å². The van der Waals surface area contributed by atoms with E-state index in [1.54, 1.807) is 0 Å². The van der Waals surface area contributed by atoms with Gasteiger partial charge in [0.05, 0.1) is 39.9 Å². The molecule has 0 fully saturated rings. The van der Waals surface area contributed by atoms with Gasteiger partial charge in [-0.3, -0.25) is 9.36 Å². The Morgan fingerprint density at radius 2 is 1.09 bits per heavy atom. The van der Waals surface area contributed by atoms with Crippen molar-refractivity contribution < 1.29 is 32.9 Å². The summed E-state index contributed by atoms with van der Waals surface area (Å²) < 4.78 is 22.9. The van der Waals surface area contributed by atoms with Gasteiger partial charge in [0.15, 0.2) is 0 Å². The highest BCUT2D eigenvalue weighted by Gasteiger charge is 2.24. The number of hydrogen-bond acceptors (Lipinski definition) is 6. The van der Waals surface area contributed by atoms with Crippen LogP contribution in [0.4, 0.5) is 0 Å². The van der Waals surface area contributed by atoms with Crippen LogP contribution in [0, 0.1) is 0 Å². The van der Waals surface area contributed by atoms with Crippen molar-refractivity contribution in [2.24, 2.45) is 0 Å². The molecule has 0 radical (unpaired) electrons. The minimum Gasteiger partial charge on any atom is -0.756 e. The van der Waals surface area contributed by atoms with Crippen molar-refractivity contribution in [3.63, 3.8) is 0 Å². The predicted octanol–water partition coefficient (Wildman–Crippen LogP) is 8.83. The molecule has 270 valence electrons. The lowest BCUT2D eigenvalue weighted by Gasteiger charge is -2.30. The number of rotatable bonds is 34. The number of aliphatic hydroxyl groups is 1. The molecule has 0 aromatic rings. The Hall–Kier alpha value is -0.500. The van der Waals surface area contributed by atoms with Crippen molar-refractivity contribution in [1.29, 1.82) is 0 Å². The van der Waals surface area contributed by atoms with Crippen molar-refractivity contribution in [2.45, 2.75) is 187 Å². The van der Waals surface area contributed by atoms with Crippen LogP contribution in [0.1, 0.15) is 174 Å². The highest BCUT2D eigenvalue weighted by atomic mass is 31.2. The number of likely N-dealkylation sites (N-methyl/N-ethyl adjacent to an activating group) is 1. The van der Waals surface area contributed by atoms with Crippen molar-refractivity contribution in [1.82, 2.24) is 5.32 Å². The molecule has 45 heavy (non-hydrogen) atoms. The molecule has 0 aromatic carbocycles. The molecule has 9 heteroatoms. The summed E-state index contributed by atoms with van der Waals surface area (Å²) in [6, 6.07) is -0.788. The van der Waals surface area contributed by atoms with Crippen LogP contribution in [0.5, 0.6) is 0 Å². The number of unbranched alkanes of at least 4 members (excludes halogenated alkanes) is 21. The Bertz CT molecular complexity index is 718. The average molecular weight is 663 g/mol. The summed E-state index contributed by atoms with van der Waals surface area (Å²) in [5, 5.41) is 13.6. The van der Waals surface area contributed by atoms with Gasteiger partial charge in [-0.25, -0.2) is 0 Å². The van der Waals surface area contributed by atoms with Gasteiger partial charge in [0.1, 0.15) is 13.2 Å². The zero-order valence-corrected chi connectivity index (χ0v) is 31.2. The second-order valence-electron chi connectivity index (χ2n) is 14.3. The number of nitrogens with zero attached hydrogens (tertiary/aromatic N) is 1. The first-order valence-corrected chi connectivity index (χ1v) is 20.3. The van der Waals surface area contributed by atoms with Crippen molar-refractivity contribution in [2.75, 3.05) is 40.9 Å². The summed E-state index contributed by atoms with van der Waals surface area (Å²) in [5.74, 6) is -0.171. The van der Waals surface area contributed by atoms with E-state index in [1.165, 1.54) is 103 Å². The first kappa shape index (κ1) is 44.5. The van der Waals surface area contributed by atoms with Crippen LogP contribution < -0.4 is 10.2 Å². The second-order valence-corrected chi connectivity index (χ2v) is 15.7. The summed E-state index contributed by atoms with van der Waals surface area (Å²) >= 11 is 0. The lowest BCUT2D eigenvalue weighted by atomic mass is 10.0. The highest BCUT2D eigenvalue weighted by Crippen LogP contribution is 2.38. The minimum absolute atomic E-state index is 0.0142. The maximum Gasteiger partial charge on any atom is 0.268 e. The number of hydrogen-bond donors (Lipinski definition) is 2. The Labute approximate surface area is 279 Å². The monoisotopic (exact) mass is 663 g/mol. The van der Waals surface area contributed by atoms with E-state index in [4.69, 9.17) is 9.05 Å². The standard InChI is InChI=1S/C36H75N2O6P/c1-6-8-10-12-13-14-15-16-17-18-19-20-21-22-23-24-25-26-28-30-36(40)37-34(35(39)29-27-11-9-7-2)33-44-45(41,42)43-32-31-38(3,4)5/h34-35,39H,6-33H2,1-5H3,(H-,37,40,41,42). The fourth-order valence-electron chi connectivity index (χ4n) is 5.51. The molecule has 1 amide bonds. The number of phosphoric ester groups is 1. The number of amides is 1. The Morgan fingerprint density at radius 1 is 0.689 bits per heavy atom. The highest BCUT2D eigenvalue weighted by molar-refractivity contribution is 7.45. The number of carbonyl (C=O) groups excluding carboxylic acids is 1. The molecule has 3 atom stereocenters. The molecule has 0 aliphatic heterocycles. The van der Waals surface area contributed by atoms with Crippen LogP contribution in [0.2, 0.25) is 0 Å². The number of phosphoric acid groups is 1. The van der Waals surface area contributed by atoms with Crippen LogP contribution in [-0.4, -0.2) is 68.5 Å². The molecule has 2 N–H and O–H groups in total. The van der Waals surface area contributed by atoms with Crippen LogP contribution in [0.3, 0.4) is 0 Å². The molecule has 0 heterocycles. The lowest BCUT2D eigenvalue weighted by Crippen LogP contribution is -2.46. The van der Waals surface area contributed by atoms with E-state index in [1.807, 2.05) is 21.1 Å². The fraction of sp³-hybridized carbons (Fsp3) is 0.972. The van der Waals surface area contributed by atoms with Gasteiger partial charge in [-0.15, -0.1) is 0 Å². The lowest BCUT2D eigenvalue weighted by molar-refractivity contribution is -0.870. The van der Waals surface area contributed by atoms with Gasteiger partial charge in [-0.1, -0.05) is 155 Å².